The maximum atomic E-state index is 12.0. The third kappa shape index (κ3) is 4.39. The van der Waals surface area contributed by atoms with Crippen molar-refractivity contribution in [3.8, 4) is 17.2 Å². The van der Waals surface area contributed by atoms with E-state index in [2.05, 4.69) is 4.98 Å². The zero-order valence-electron chi connectivity index (χ0n) is 13.6. The lowest BCUT2D eigenvalue weighted by Crippen LogP contribution is -2.09. The fraction of sp³-hybridized carbons (Fsp3) is 0.158. The van der Waals surface area contributed by atoms with Crippen LogP contribution >= 0.6 is 11.6 Å². The van der Waals surface area contributed by atoms with Crippen molar-refractivity contribution in [2.24, 2.45) is 0 Å². The Kier molecular flexibility index (Phi) is 5.36. The summed E-state index contributed by atoms with van der Waals surface area (Å²) in [5.41, 5.74) is 2.07. The largest absolute Gasteiger partial charge is 0.496 e. The summed E-state index contributed by atoms with van der Waals surface area (Å²) in [5, 5.41) is 0.552. The molecule has 0 N–H and O–H groups in total. The smallest absolute Gasteiger partial charge is 0.312 e. The number of aromatic nitrogens is 1. The van der Waals surface area contributed by atoms with Crippen molar-refractivity contribution in [1.82, 2.24) is 4.98 Å². The van der Waals surface area contributed by atoms with Gasteiger partial charge in [0.05, 0.1) is 19.2 Å². The van der Waals surface area contributed by atoms with Crippen LogP contribution in [0, 0.1) is 0 Å². The summed E-state index contributed by atoms with van der Waals surface area (Å²) in [4.78, 5) is 16.3. The fourth-order valence-corrected chi connectivity index (χ4v) is 2.51. The molecular weight excluding hydrogens is 342 g/mol. The predicted octanol–water partition coefficient (Wildman–Crippen LogP) is 4.29. The van der Waals surface area contributed by atoms with E-state index in [0.29, 0.717) is 27.9 Å². The standard InChI is InChI=1S/C19H16ClNO4/c1-23-17-8-7-15(20)9-14(17)11-24-18(22)10-16-12-25-19(21-16)13-5-3-2-4-6-13/h2-9,12H,10-11H2,1H3. The van der Waals surface area contributed by atoms with Gasteiger partial charge in [0.25, 0.3) is 0 Å². The van der Waals surface area contributed by atoms with Crippen molar-refractivity contribution in [2.45, 2.75) is 13.0 Å². The number of hydrogen-bond donors (Lipinski definition) is 0. The van der Waals surface area contributed by atoms with Crippen LogP contribution in [0.1, 0.15) is 11.3 Å². The van der Waals surface area contributed by atoms with E-state index in [1.165, 1.54) is 6.26 Å². The van der Waals surface area contributed by atoms with E-state index < -0.39 is 5.97 Å². The molecule has 6 heteroatoms. The predicted molar refractivity (Wildman–Crippen MR) is 93.4 cm³/mol. The molecule has 1 heterocycles. The van der Waals surface area contributed by atoms with Crippen LogP contribution in [0.25, 0.3) is 11.5 Å². The first-order valence-electron chi connectivity index (χ1n) is 7.63. The van der Waals surface area contributed by atoms with E-state index in [9.17, 15) is 4.79 Å². The molecule has 1 aromatic heterocycles. The van der Waals surface area contributed by atoms with Crippen LogP contribution in [0.5, 0.6) is 5.75 Å². The lowest BCUT2D eigenvalue weighted by molar-refractivity contribution is -0.144. The summed E-state index contributed by atoms with van der Waals surface area (Å²) in [6, 6.07) is 14.6. The van der Waals surface area contributed by atoms with E-state index in [-0.39, 0.29) is 13.0 Å². The normalized spacial score (nSPS) is 10.5. The Morgan fingerprint density at radius 2 is 2.00 bits per heavy atom. The van der Waals surface area contributed by atoms with Crippen molar-refractivity contribution in [2.75, 3.05) is 7.11 Å². The van der Waals surface area contributed by atoms with Gasteiger partial charge in [0.1, 0.15) is 18.6 Å². The van der Waals surface area contributed by atoms with Crippen molar-refractivity contribution >= 4 is 17.6 Å². The SMILES string of the molecule is COc1ccc(Cl)cc1COC(=O)Cc1coc(-c2ccccc2)n1. The summed E-state index contributed by atoms with van der Waals surface area (Å²) in [6.45, 7) is 0.0754. The van der Waals surface area contributed by atoms with Gasteiger partial charge in [-0.1, -0.05) is 29.8 Å². The first-order valence-corrected chi connectivity index (χ1v) is 8.01. The molecule has 0 unspecified atom stereocenters. The summed E-state index contributed by atoms with van der Waals surface area (Å²) in [7, 11) is 1.55. The highest BCUT2D eigenvalue weighted by molar-refractivity contribution is 6.30. The van der Waals surface area contributed by atoms with Gasteiger partial charge in [-0.15, -0.1) is 0 Å². The van der Waals surface area contributed by atoms with E-state index in [1.54, 1.807) is 25.3 Å². The Morgan fingerprint density at radius 3 is 2.76 bits per heavy atom. The highest BCUT2D eigenvalue weighted by atomic mass is 35.5. The number of carbonyl (C=O) groups excluding carboxylic acids is 1. The van der Waals surface area contributed by atoms with Gasteiger partial charge in [-0.3, -0.25) is 4.79 Å². The van der Waals surface area contributed by atoms with Crippen molar-refractivity contribution in [3.63, 3.8) is 0 Å². The van der Waals surface area contributed by atoms with Crippen molar-refractivity contribution in [3.05, 3.63) is 71.1 Å². The molecule has 0 amide bonds. The molecule has 3 aromatic rings. The minimum atomic E-state index is -0.407. The average molecular weight is 358 g/mol. The van der Waals surface area contributed by atoms with Crippen LogP contribution in [0.4, 0.5) is 0 Å². The maximum absolute atomic E-state index is 12.0. The third-order valence-corrected chi connectivity index (χ3v) is 3.76. The molecule has 0 spiro atoms. The number of oxazole rings is 1. The van der Waals surface area contributed by atoms with Crippen molar-refractivity contribution in [1.29, 1.82) is 0 Å². The van der Waals surface area contributed by atoms with Crippen LogP contribution in [0.15, 0.2) is 59.2 Å². The van der Waals surface area contributed by atoms with Gasteiger partial charge in [-0.05, 0) is 30.3 Å². The third-order valence-electron chi connectivity index (χ3n) is 3.53. The Bertz CT molecular complexity index is 861. The highest BCUT2D eigenvalue weighted by Crippen LogP contribution is 2.23. The molecule has 3 rings (SSSR count). The average Bonchev–Trinajstić information content (AvgIpc) is 3.09. The molecule has 0 radical (unpaired) electrons. The van der Waals surface area contributed by atoms with Crippen LogP contribution in [-0.4, -0.2) is 18.1 Å². The first kappa shape index (κ1) is 17.0. The molecule has 0 atom stereocenters. The minimum absolute atomic E-state index is 0.0270. The molecular formula is C19H16ClNO4. The lowest BCUT2D eigenvalue weighted by atomic mass is 10.2. The number of halogens is 1. The lowest BCUT2D eigenvalue weighted by Gasteiger charge is -2.09. The Hall–Kier alpha value is -2.79. The van der Waals surface area contributed by atoms with Gasteiger partial charge >= 0.3 is 5.97 Å². The highest BCUT2D eigenvalue weighted by Gasteiger charge is 2.13. The molecule has 5 nitrogen and oxygen atoms in total. The number of nitrogens with zero attached hydrogens (tertiary/aromatic N) is 1. The summed E-state index contributed by atoms with van der Waals surface area (Å²) in [6.07, 6.45) is 1.49. The fourth-order valence-electron chi connectivity index (χ4n) is 2.32. The zero-order valence-corrected chi connectivity index (χ0v) is 14.3. The first-order chi connectivity index (χ1) is 12.2. The molecule has 0 aliphatic carbocycles. The van der Waals surface area contributed by atoms with Gasteiger partial charge in [0.2, 0.25) is 5.89 Å². The molecule has 0 bridgehead atoms. The van der Waals surface area contributed by atoms with Crippen LogP contribution in [0.3, 0.4) is 0 Å². The van der Waals surface area contributed by atoms with E-state index in [4.69, 9.17) is 25.5 Å². The topological polar surface area (TPSA) is 61.6 Å². The Labute approximate surface area is 150 Å². The number of carbonyl (C=O) groups is 1. The number of rotatable bonds is 6. The molecule has 0 saturated heterocycles. The van der Waals surface area contributed by atoms with Gasteiger partial charge < -0.3 is 13.9 Å². The number of hydrogen-bond acceptors (Lipinski definition) is 5. The van der Waals surface area contributed by atoms with Crippen LogP contribution < -0.4 is 4.74 Å². The molecule has 25 heavy (non-hydrogen) atoms. The zero-order chi connectivity index (χ0) is 17.6. The van der Waals surface area contributed by atoms with Crippen LogP contribution in [-0.2, 0) is 22.6 Å². The second kappa shape index (κ2) is 7.85. The molecule has 2 aromatic carbocycles. The maximum Gasteiger partial charge on any atom is 0.312 e. The molecule has 128 valence electrons. The number of esters is 1. The van der Waals surface area contributed by atoms with Gasteiger partial charge in [-0.25, -0.2) is 4.98 Å². The summed E-state index contributed by atoms with van der Waals surface area (Å²) < 4.78 is 15.9. The quantitative estimate of drug-likeness (QED) is 0.616. The van der Waals surface area contributed by atoms with Crippen LogP contribution in [0.2, 0.25) is 5.02 Å². The van der Waals surface area contributed by atoms with Crippen molar-refractivity contribution < 1.29 is 18.7 Å². The summed E-state index contributed by atoms with van der Waals surface area (Å²) in [5.74, 6) is 0.680. The van der Waals surface area contributed by atoms with E-state index in [1.807, 2.05) is 30.3 Å². The number of benzene rings is 2. The molecule has 0 aliphatic rings. The van der Waals surface area contributed by atoms with Gasteiger partial charge in [0, 0.05) is 16.1 Å². The number of ether oxygens (including phenoxy) is 2. The summed E-state index contributed by atoms with van der Waals surface area (Å²) >= 11 is 5.96. The van der Waals surface area contributed by atoms with Gasteiger partial charge in [-0.2, -0.15) is 0 Å². The monoisotopic (exact) mass is 357 g/mol. The molecule has 0 aliphatic heterocycles. The number of methoxy groups -OCH3 is 1. The van der Waals surface area contributed by atoms with Gasteiger partial charge in [0.15, 0.2) is 0 Å². The van der Waals surface area contributed by atoms with E-state index >= 15 is 0 Å². The Morgan fingerprint density at radius 1 is 1.20 bits per heavy atom. The second-order valence-electron chi connectivity index (χ2n) is 5.30. The Balaban J connectivity index is 1.60. The van der Waals surface area contributed by atoms with E-state index in [0.717, 1.165) is 5.56 Å². The molecule has 0 fully saturated rings. The second-order valence-corrected chi connectivity index (χ2v) is 5.74. The minimum Gasteiger partial charge on any atom is -0.496 e. The molecule has 0 saturated carbocycles.